The van der Waals surface area contributed by atoms with Crippen LogP contribution in [0.2, 0.25) is 5.02 Å². The van der Waals surface area contributed by atoms with Crippen molar-refractivity contribution >= 4 is 39.9 Å². The quantitative estimate of drug-likeness (QED) is 0.853. The summed E-state index contributed by atoms with van der Waals surface area (Å²) in [5, 5.41) is 0.764. The van der Waals surface area contributed by atoms with E-state index < -0.39 is 0 Å². The third-order valence-corrected chi connectivity index (χ3v) is 5.00. The van der Waals surface area contributed by atoms with Crippen molar-refractivity contribution in [1.82, 2.24) is 4.90 Å². The highest BCUT2D eigenvalue weighted by Crippen LogP contribution is 2.29. The van der Waals surface area contributed by atoms with Gasteiger partial charge in [0.05, 0.1) is 5.02 Å². The Bertz CT molecular complexity index is 437. The van der Waals surface area contributed by atoms with Gasteiger partial charge in [0.2, 0.25) is 0 Å². The molecular formula is C14H21BrCl2N2. The molecule has 0 amide bonds. The largest absolute Gasteiger partial charge is 0.327 e. The zero-order valence-corrected chi connectivity index (χ0v) is 14.5. The second-order valence-corrected chi connectivity index (χ2v) is 7.10. The minimum atomic E-state index is 0. The molecule has 19 heavy (non-hydrogen) atoms. The number of hydrogen-bond donors (Lipinski definition) is 1. The average molecular weight is 368 g/mol. The van der Waals surface area contributed by atoms with Crippen molar-refractivity contribution in [1.29, 1.82) is 0 Å². The van der Waals surface area contributed by atoms with Crippen LogP contribution in [0.15, 0.2) is 22.7 Å². The normalized spacial score (nSPS) is 22.9. The molecule has 1 heterocycles. The first-order valence-electron chi connectivity index (χ1n) is 6.30. The topological polar surface area (TPSA) is 29.3 Å². The maximum absolute atomic E-state index is 6.16. The zero-order valence-electron chi connectivity index (χ0n) is 11.3. The summed E-state index contributed by atoms with van der Waals surface area (Å²) >= 11 is 9.48. The first-order valence-corrected chi connectivity index (χ1v) is 7.47. The van der Waals surface area contributed by atoms with Crippen molar-refractivity contribution < 1.29 is 0 Å². The van der Waals surface area contributed by atoms with Crippen LogP contribution in [-0.4, -0.2) is 24.0 Å². The number of hydrogen-bond acceptors (Lipinski definition) is 2. The summed E-state index contributed by atoms with van der Waals surface area (Å²) in [7, 11) is 0. The van der Waals surface area contributed by atoms with Gasteiger partial charge in [0.15, 0.2) is 0 Å². The molecule has 2 rings (SSSR count). The molecule has 0 aliphatic carbocycles. The Morgan fingerprint density at radius 1 is 1.47 bits per heavy atom. The molecule has 1 unspecified atom stereocenters. The summed E-state index contributed by atoms with van der Waals surface area (Å²) in [6, 6.07) is 6.45. The van der Waals surface area contributed by atoms with E-state index in [0.717, 1.165) is 35.6 Å². The SMILES string of the molecule is CC1(C)CN(Cc2ccc(Cl)c(Br)c2)CCC1N.Cl. The van der Waals surface area contributed by atoms with Gasteiger partial charge in [-0.25, -0.2) is 0 Å². The van der Waals surface area contributed by atoms with Crippen molar-refractivity contribution in [3.8, 4) is 0 Å². The summed E-state index contributed by atoms with van der Waals surface area (Å²) in [4.78, 5) is 2.47. The molecule has 1 aliphatic heterocycles. The molecule has 1 fully saturated rings. The molecular weight excluding hydrogens is 347 g/mol. The van der Waals surface area contributed by atoms with Gasteiger partial charge in [-0.3, -0.25) is 4.90 Å². The fraction of sp³-hybridized carbons (Fsp3) is 0.571. The van der Waals surface area contributed by atoms with Crippen LogP contribution in [0.4, 0.5) is 0 Å². The van der Waals surface area contributed by atoms with Gasteiger partial charge in [0.25, 0.3) is 0 Å². The lowest BCUT2D eigenvalue weighted by Gasteiger charge is -2.42. The average Bonchev–Trinajstić information content (AvgIpc) is 2.28. The number of benzene rings is 1. The van der Waals surface area contributed by atoms with Gasteiger partial charge in [0, 0.05) is 30.1 Å². The van der Waals surface area contributed by atoms with Gasteiger partial charge in [-0.2, -0.15) is 0 Å². The molecule has 0 bridgehead atoms. The van der Waals surface area contributed by atoms with Crippen LogP contribution in [0.5, 0.6) is 0 Å². The van der Waals surface area contributed by atoms with Crippen LogP contribution in [0.1, 0.15) is 25.8 Å². The summed E-state index contributed by atoms with van der Waals surface area (Å²) in [6.07, 6.45) is 1.07. The molecule has 2 N–H and O–H groups in total. The minimum Gasteiger partial charge on any atom is -0.327 e. The number of nitrogens with zero attached hydrogens (tertiary/aromatic N) is 1. The van der Waals surface area contributed by atoms with E-state index in [2.05, 4.69) is 46.8 Å². The lowest BCUT2D eigenvalue weighted by atomic mass is 9.79. The highest BCUT2D eigenvalue weighted by molar-refractivity contribution is 9.10. The molecule has 1 saturated heterocycles. The number of piperidine rings is 1. The van der Waals surface area contributed by atoms with Gasteiger partial charge in [-0.05, 0) is 45.5 Å². The van der Waals surface area contributed by atoms with Crippen molar-refractivity contribution in [2.75, 3.05) is 13.1 Å². The molecule has 1 atom stereocenters. The first kappa shape index (κ1) is 17.3. The Labute approximate surface area is 135 Å². The molecule has 0 radical (unpaired) electrons. The van der Waals surface area contributed by atoms with Crippen molar-refractivity contribution in [3.63, 3.8) is 0 Å². The Balaban J connectivity index is 0.00000180. The summed E-state index contributed by atoms with van der Waals surface area (Å²) in [5.41, 5.74) is 7.65. The number of halogens is 3. The second-order valence-electron chi connectivity index (χ2n) is 5.84. The number of likely N-dealkylation sites (tertiary alicyclic amines) is 1. The van der Waals surface area contributed by atoms with E-state index in [1.54, 1.807) is 0 Å². The highest BCUT2D eigenvalue weighted by atomic mass is 79.9. The van der Waals surface area contributed by atoms with Crippen molar-refractivity contribution in [3.05, 3.63) is 33.3 Å². The smallest absolute Gasteiger partial charge is 0.0548 e. The Kier molecular flexibility index (Phi) is 6.15. The van der Waals surface area contributed by atoms with Crippen LogP contribution >= 0.6 is 39.9 Å². The summed E-state index contributed by atoms with van der Waals surface area (Å²) in [5.74, 6) is 0. The minimum absolute atomic E-state index is 0. The summed E-state index contributed by atoms with van der Waals surface area (Å²) in [6.45, 7) is 7.59. The third kappa shape index (κ3) is 4.33. The van der Waals surface area contributed by atoms with Crippen LogP contribution in [0, 0.1) is 5.41 Å². The van der Waals surface area contributed by atoms with Gasteiger partial charge >= 0.3 is 0 Å². The maximum Gasteiger partial charge on any atom is 0.0548 e. The first-order chi connectivity index (χ1) is 8.38. The third-order valence-electron chi connectivity index (χ3n) is 3.78. The Morgan fingerprint density at radius 2 is 2.16 bits per heavy atom. The second kappa shape index (κ2) is 6.77. The molecule has 108 valence electrons. The van der Waals surface area contributed by atoms with Crippen molar-refractivity contribution in [2.45, 2.75) is 32.9 Å². The lowest BCUT2D eigenvalue weighted by Crippen LogP contribution is -2.52. The van der Waals surface area contributed by atoms with E-state index >= 15 is 0 Å². The number of rotatable bonds is 2. The standard InChI is InChI=1S/C14H20BrClN2.ClH/c1-14(2)9-18(6-5-13(14)17)8-10-3-4-12(16)11(15)7-10;/h3-4,7,13H,5-6,8-9,17H2,1-2H3;1H. The molecule has 1 aromatic rings. The maximum atomic E-state index is 6.16. The lowest BCUT2D eigenvalue weighted by molar-refractivity contribution is 0.0899. The molecule has 0 spiro atoms. The zero-order chi connectivity index (χ0) is 13.3. The van der Waals surface area contributed by atoms with Crippen LogP contribution < -0.4 is 5.73 Å². The molecule has 1 aliphatic rings. The van der Waals surface area contributed by atoms with E-state index in [1.165, 1.54) is 5.56 Å². The van der Waals surface area contributed by atoms with Crippen LogP contribution in [0.3, 0.4) is 0 Å². The fourth-order valence-corrected chi connectivity index (χ4v) is 3.06. The van der Waals surface area contributed by atoms with E-state index in [9.17, 15) is 0 Å². The Hall–Kier alpha value is 0.200. The van der Waals surface area contributed by atoms with E-state index in [4.69, 9.17) is 17.3 Å². The molecule has 2 nitrogen and oxygen atoms in total. The number of nitrogens with two attached hydrogens (primary N) is 1. The van der Waals surface area contributed by atoms with Crippen molar-refractivity contribution in [2.24, 2.45) is 11.1 Å². The molecule has 5 heteroatoms. The summed E-state index contributed by atoms with van der Waals surface area (Å²) < 4.78 is 0.967. The predicted molar refractivity (Wildman–Crippen MR) is 88.1 cm³/mol. The van der Waals surface area contributed by atoms with E-state index in [-0.39, 0.29) is 17.8 Å². The van der Waals surface area contributed by atoms with E-state index in [1.807, 2.05) is 6.07 Å². The molecule has 0 saturated carbocycles. The highest BCUT2D eigenvalue weighted by Gasteiger charge is 2.33. The molecule has 1 aromatic carbocycles. The van der Waals surface area contributed by atoms with Crippen LogP contribution in [0.25, 0.3) is 0 Å². The van der Waals surface area contributed by atoms with Gasteiger partial charge in [-0.1, -0.05) is 31.5 Å². The van der Waals surface area contributed by atoms with E-state index in [0.29, 0.717) is 6.04 Å². The van der Waals surface area contributed by atoms with Gasteiger partial charge in [-0.15, -0.1) is 12.4 Å². The predicted octanol–water partition coefficient (Wildman–Crippen LogP) is 4.08. The van der Waals surface area contributed by atoms with Gasteiger partial charge in [0.1, 0.15) is 0 Å². The van der Waals surface area contributed by atoms with Crippen LogP contribution in [-0.2, 0) is 6.54 Å². The van der Waals surface area contributed by atoms with Gasteiger partial charge < -0.3 is 5.73 Å². The fourth-order valence-electron chi connectivity index (χ4n) is 2.52. The Morgan fingerprint density at radius 3 is 2.74 bits per heavy atom. The monoisotopic (exact) mass is 366 g/mol. The molecule has 0 aromatic heterocycles.